The van der Waals surface area contributed by atoms with Crippen molar-refractivity contribution in [2.45, 2.75) is 122 Å². The molecule has 1 rings (SSSR count). The summed E-state index contributed by atoms with van der Waals surface area (Å²) in [5, 5.41) is 9.28. The molecule has 5 nitrogen and oxygen atoms in total. The molecule has 0 fully saturated rings. The smallest absolute Gasteiger partial charge is 0.330 e. The van der Waals surface area contributed by atoms with Crippen LogP contribution in [0, 0.1) is 0 Å². The van der Waals surface area contributed by atoms with Gasteiger partial charge in [-0.25, -0.2) is 4.79 Å². The predicted octanol–water partition coefficient (Wildman–Crippen LogP) is 6.21. The van der Waals surface area contributed by atoms with Crippen molar-refractivity contribution in [3.8, 4) is 5.75 Å². The topological polar surface area (TPSA) is 89.6 Å². The fourth-order valence-corrected chi connectivity index (χ4v) is 3.85. The number of rotatable bonds is 19. The van der Waals surface area contributed by atoms with Crippen LogP contribution in [0.25, 0.3) is 0 Å². The quantitative estimate of drug-likeness (QED) is 0.109. The fraction of sp³-hybridized carbons (Fsp3) is 0.704. The predicted molar refractivity (Wildman–Crippen MR) is 136 cm³/mol. The second kappa shape index (κ2) is 21.6. The van der Waals surface area contributed by atoms with Crippen molar-refractivity contribution in [3.63, 3.8) is 0 Å². The molecule has 0 spiro atoms. The summed E-state index contributed by atoms with van der Waals surface area (Å²) in [5.41, 5.74) is 6.64. The zero-order valence-electron chi connectivity index (χ0n) is 21.2. The molecule has 0 amide bonds. The second-order valence-corrected chi connectivity index (χ2v) is 8.97. The van der Waals surface area contributed by atoms with E-state index in [0.29, 0.717) is 0 Å². The molecule has 1 atom stereocenters. The Balaban J connectivity index is 0.0000102. The van der Waals surface area contributed by atoms with Gasteiger partial charge >= 0.3 is 11.9 Å². The van der Waals surface area contributed by atoms with Gasteiger partial charge in [0.25, 0.3) is 0 Å². The Morgan fingerprint density at radius 3 is 1.67 bits per heavy atom. The van der Waals surface area contributed by atoms with E-state index < -0.39 is 18.0 Å². The Morgan fingerprint density at radius 1 is 0.788 bits per heavy atom. The summed E-state index contributed by atoms with van der Waals surface area (Å²) in [4.78, 5) is 23.8. The number of phenols is 1. The van der Waals surface area contributed by atoms with E-state index in [4.69, 9.17) is 10.5 Å². The molecular weight excluding hydrogens is 425 g/mol. The molecule has 0 aliphatic rings. The van der Waals surface area contributed by atoms with E-state index in [1.807, 2.05) is 0 Å². The van der Waals surface area contributed by atoms with Crippen LogP contribution in [0.3, 0.4) is 0 Å². The van der Waals surface area contributed by atoms with Crippen LogP contribution >= 0.6 is 0 Å². The average molecular weight is 471 g/mol. The number of unbranched alkanes of at least 4 members (excludes halogenated alkanes) is 14. The van der Waals surface area contributed by atoms with Gasteiger partial charge in [-0.05, 0) is 30.5 Å². The summed E-state index contributed by atoms with van der Waals surface area (Å²) in [5.74, 6) is -1.03. The first kappa shape index (κ1) is 32.1. The zero-order valence-corrected chi connectivity index (χ0v) is 23.2. The van der Waals surface area contributed by atoms with Gasteiger partial charge in [0, 0.05) is 36.0 Å². The Labute approximate surface area is 223 Å². The van der Waals surface area contributed by atoms with Gasteiger partial charge in [-0.15, -0.1) is 0 Å². The molecule has 0 unspecified atom stereocenters. The van der Waals surface area contributed by atoms with Crippen molar-refractivity contribution >= 4 is 41.5 Å². The van der Waals surface area contributed by atoms with Crippen molar-refractivity contribution in [2.24, 2.45) is 5.73 Å². The third-order valence-corrected chi connectivity index (χ3v) is 5.89. The Morgan fingerprint density at radius 2 is 1.21 bits per heavy atom. The van der Waals surface area contributed by atoms with Gasteiger partial charge in [0.1, 0.15) is 11.8 Å². The third-order valence-electron chi connectivity index (χ3n) is 5.89. The monoisotopic (exact) mass is 470 g/mol. The molecule has 33 heavy (non-hydrogen) atoms. The van der Waals surface area contributed by atoms with Crippen molar-refractivity contribution in [3.05, 3.63) is 29.8 Å². The molecule has 0 aliphatic heterocycles. The molecule has 0 aromatic heterocycles. The number of carbonyl (C=O) groups excluding carboxylic acids is 2. The van der Waals surface area contributed by atoms with Crippen LogP contribution in [-0.4, -0.2) is 52.6 Å². The van der Waals surface area contributed by atoms with E-state index in [-0.39, 0.29) is 48.1 Å². The molecule has 1 aromatic carbocycles. The van der Waals surface area contributed by atoms with E-state index in [9.17, 15) is 14.7 Å². The standard InChI is InChI=1S/C27H45NO4.Na/c1-2-3-4-5-6-7-8-9-10-11-12-13-14-15-16-17-26(30)32-27(31)25(28)22-23-18-20-24(29)21-19-23;/h18-21,25,29H,2-17,22,28H2,1H3;/t25-;/m0./s1. The molecule has 0 saturated heterocycles. The summed E-state index contributed by atoms with van der Waals surface area (Å²) >= 11 is 0. The van der Waals surface area contributed by atoms with Crippen LogP contribution in [0.4, 0.5) is 0 Å². The minimum atomic E-state index is -0.885. The number of benzene rings is 1. The molecule has 1 radical (unpaired) electrons. The number of carbonyl (C=O) groups is 2. The van der Waals surface area contributed by atoms with Crippen LogP contribution in [-0.2, 0) is 20.7 Å². The SMILES string of the molecule is CCCCCCCCCCCCCCCCCC(=O)OC(=O)[C@@H](N)Cc1ccc(O)cc1.[Na]. The fourth-order valence-electron chi connectivity index (χ4n) is 3.85. The number of ether oxygens (including phenoxy) is 1. The first-order valence-electron chi connectivity index (χ1n) is 12.8. The van der Waals surface area contributed by atoms with Crippen molar-refractivity contribution < 1.29 is 19.4 Å². The van der Waals surface area contributed by atoms with Crippen molar-refractivity contribution in [1.82, 2.24) is 0 Å². The maximum atomic E-state index is 12.0. The van der Waals surface area contributed by atoms with E-state index in [1.165, 1.54) is 89.2 Å². The van der Waals surface area contributed by atoms with Crippen molar-refractivity contribution in [2.75, 3.05) is 0 Å². The number of phenolic OH excluding ortho intramolecular Hbond substituents is 1. The van der Waals surface area contributed by atoms with E-state index in [0.717, 1.165) is 24.8 Å². The van der Waals surface area contributed by atoms with Crippen LogP contribution < -0.4 is 5.73 Å². The summed E-state index contributed by atoms with van der Waals surface area (Å²) in [6.07, 6.45) is 19.6. The maximum Gasteiger partial charge on any atom is 0.330 e. The van der Waals surface area contributed by atoms with Crippen molar-refractivity contribution in [1.29, 1.82) is 0 Å². The van der Waals surface area contributed by atoms with Crippen LogP contribution in [0.2, 0.25) is 0 Å². The van der Waals surface area contributed by atoms with Gasteiger partial charge in [-0.1, -0.05) is 109 Å². The van der Waals surface area contributed by atoms with E-state index in [1.54, 1.807) is 12.1 Å². The summed E-state index contributed by atoms with van der Waals surface area (Å²) < 4.78 is 4.87. The Hall–Kier alpha value is -0.880. The second-order valence-electron chi connectivity index (χ2n) is 8.97. The molecular formula is C27H45NNaO4. The van der Waals surface area contributed by atoms with E-state index in [2.05, 4.69) is 6.92 Å². The van der Waals surface area contributed by atoms with Gasteiger partial charge in [-0.3, -0.25) is 4.79 Å². The number of hydrogen-bond donors (Lipinski definition) is 2. The summed E-state index contributed by atoms with van der Waals surface area (Å²) in [6, 6.07) is 5.58. The Kier molecular flexibility index (Phi) is 21.1. The average Bonchev–Trinajstić information content (AvgIpc) is 2.77. The minimum absolute atomic E-state index is 0. The number of esters is 2. The zero-order chi connectivity index (χ0) is 23.4. The third kappa shape index (κ3) is 18.2. The van der Waals surface area contributed by atoms with Crippen LogP contribution in [0.5, 0.6) is 5.75 Å². The largest absolute Gasteiger partial charge is 0.508 e. The van der Waals surface area contributed by atoms with Gasteiger partial charge in [0.2, 0.25) is 0 Å². The van der Waals surface area contributed by atoms with Gasteiger partial charge in [0.05, 0.1) is 0 Å². The molecule has 183 valence electrons. The molecule has 6 heteroatoms. The first-order valence-corrected chi connectivity index (χ1v) is 12.8. The number of nitrogens with two attached hydrogens (primary N) is 1. The van der Waals surface area contributed by atoms with E-state index >= 15 is 0 Å². The normalized spacial score (nSPS) is 11.6. The van der Waals surface area contributed by atoms with Gasteiger partial charge < -0.3 is 15.6 Å². The first-order chi connectivity index (χ1) is 15.5. The molecule has 0 bridgehead atoms. The summed E-state index contributed by atoms with van der Waals surface area (Å²) in [7, 11) is 0. The van der Waals surface area contributed by atoms with Gasteiger partial charge in [0.15, 0.2) is 0 Å². The molecule has 0 saturated carbocycles. The Bertz CT molecular complexity index is 621. The minimum Gasteiger partial charge on any atom is -0.508 e. The summed E-state index contributed by atoms with van der Waals surface area (Å²) in [6.45, 7) is 2.26. The molecule has 0 heterocycles. The van der Waals surface area contributed by atoms with Gasteiger partial charge in [-0.2, -0.15) is 0 Å². The molecule has 1 aromatic rings. The van der Waals surface area contributed by atoms with Crippen LogP contribution in [0.15, 0.2) is 24.3 Å². The maximum absolute atomic E-state index is 12.0. The number of hydrogen-bond acceptors (Lipinski definition) is 5. The molecule has 0 aliphatic carbocycles. The molecule has 3 N–H and O–H groups in total. The number of aromatic hydroxyl groups is 1. The van der Waals surface area contributed by atoms with Crippen LogP contribution in [0.1, 0.15) is 115 Å².